The number of hydrogen-bond acceptors (Lipinski definition) is 6. The molecule has 0 radical (unpaired) electrons. The van der Waals surface area contributed by atoms with Crippen LogP contribution in [0.4, 0.5) is 0 Å². The molecule has 1 aliphatic rings. The molecule has 2 aromatic carbocycles. The second-order valence-electron chi connectivity index (χ2n) is 16.6. The Morgan fingerprint density at radius 1 is 0.605 bits per heavy atom. The first-order chi connectivity index (χ1) is 19.4. The van der Waals surface area contributed by atoms with Crippen molar-refractivity contribution in [2.45, 2.75) is 137 Å². The Kier molecular flexibility index (Phi) is 9.71. The van der Waals surface area contributed by atoms with Crippen molar-refractivity contribution in [1.82, 2.24) is 0 Å². The van der Waals surface area contributed by atoms with Crippen LogP contribution >= 0.6 is 0 Å². The van der Waals surface area contributed by atoms with Gasteiger partial charge < -0.3 is 19.7 Å². The molecule has 1 heterocycles. The summed E-state index contributed by atoms with van der Waals surface area (Å²) in [6.45, 7) is 30.2. The van der Waals surface area contributed by atoms with Gasteiger partial charge in [0.1, 0.15) is 23.7 Å². The highest BCUT2D eigenvalue weighted by Gasteiger charge is 2.41. The van der Waals surface area contributed by atoms with E-state index in [-0.39, 0.29) is 45.4 Å². The highest BCUT2D eigenvalue weighted by atomic mass is 16.8. The van der Waals surface area contributed by atoms with Crippen LogP contribution in [0.1, 0.15) is 130 Å². The fourth-order valence-electron chi connectivity index (χ4n) is 5.25. The van der Waals surface area contributed by atoms with Crippen molar-refractivity contribution in [2.24, 2.45) is 9.98 Å². The van der Waals surface area contributed by atoms with Gasteiger partial charge in [-0.2, -0.15) is 0 Å². The zero-order valence-electron chi connectivity index (χ0n) is 29.1. The molecule has 0 unspecified atom stereocenters. The lowest BCUT2D eigenvalue weighted by molar-refractivity contribution is -0.144. The molecule has 0 amide bonds. The average Bonchev–Trinajstić information content (AvgIpc) is 3.11. The van der Waals surface area contributed by atoms with Crippen molar-refractivity contribution in [1.29, 1.82) is 0 Å². The van der Waals surface area contributed by atoms with Crippen LogP contribution in [-0.2, 0) is 31.1 Å². The van der Waals surface area contributed by atoms with Gasteiger partial charge in [0.05, 0.1) is 13.1 Å². The van der Waals surface area contributed by atoms with Gasteiger partial charge in [-0.15, -0.1) is 0 Å². The Morgan fingerprint density at radius 3 is 1.21 bits per heavy atom. The third-order valence-corrected chi connectivity index (χ3v) is 7.94. The predicted molar refractivity (Wildman–Crippen MR) is 180 cm³/mol. The van der Waals surface area contributed by atoms with Gasteiger partial charge in [-0.05, 0) is 58.8 Å². The van der Waals surface area contributed by atoms with Crippen molar-refractivity contribution in [3.63, 3.8) is 0 Å². The smallest absolute Gasteiger partial charge is 0.163 e. The second-order valence-corrected chi connectivity index (χ2v) is 16.6. The summed E-state index contributed by atoms with van der Waals surface area (Å²) in [6.07, 6.45) is 2.88. The Morgan fingerprint density at radius 2 is 0.930 bits per heavy atom. The van der Waals surface area contributed by atoms with Crippen LogP contribution in [0.2, 0.25) is 0 Å². The number of hydrogen-bond donors (Lipinski definition) is 2. The fourth-order valence-corrected chi connectivity index (χ4v) is 5.25. The van der Waals surface area contributed by atoms with Crippen molar-refractivity contribution in [3.05, 3.63) is 57.6 Å². The van der Waals surface area contributed by atoms with Crippen LogP contribution in [0.3, 0.4) is 0 Å². The maximum absolute atomic E-state index is 11.1. The SMILES string of the molecule is CC1(C)O[C@H](CN=Cc2cc(C(C)(C)C)cc(C(C)(C)C)c2O)[C@@H](CN=Cc2cc(C(C)(C)C)cc(C(C)(C)C)c2O)O1. The molecule has 3 rings (SSSR count). The van der Waals surface area contributed by atoms with Gasteiger partial charge in [-0.1, -0.05) is 95.2 Å². The Bertz CT molecular complexity index is 1260. The van der Waals surface area contributed by atoms with Crippen LogP contribution in [0.15, 0.2) is 34.3 Å². The van der Waals surface area contributed by atoms with Crippen molar-refractivity contribution in [3.8, 4) is 11.5 Å². The molecule has 2 N–H and O–H groups in total. The molecule has 2 atom stereocenters. The van der Waals surface area contributed by atoms with Gasteiger partial charge in [0.25, 0.3) is 0 Å². The summed E-state index contributed by atoms with van der Waals surface area (Å²) in [6, 6.07) is 8.26. The maximum Gasteiger partial charge on any atom is 0.163 e. The molecule has 0 bridgehead atoms. The second kappa shape index (κ2) is 12.0. The monoisotopic (exact) mass is 592 g/mol. The lowest BCUT2D eigenvalue weighted by atomic mass is 9.79. The van der Waals surface area contributed by atoms with E-state index in [1.165, 1.54) is 0 Å². The minimum absolute atomic E-state index is 0.0692. The number of aliphatic imine (C=N–C) groups is 2. The van der Waals surface area contributed by atoms with E-state index < -0.39 is 5.79 Å². The molecule has 0 aromatic heterocycles. The first-order valence-corrected chi connectivity index (χ1v) is 15.5. The average molecular weight is 593 g/mol. The van der Waals surface area contributed by atoms with Crippen molar-refractivity contribution in [2.75, 3.05) is 13.1 Å². The van der Waals surface area contributed by atoms with E-state index in [1.807, 2.05) is 26.0 Å². The molecule has 2 aromatic rings. The molecule has 0 spiro atoms. The van der Waals surface area contributed by atoms with Crippen LogP contribution < -0.4 is 0 Å². The topological polar surface area (TPSA) is 83.6 Å². The van der Waals surface area contributed by atoms with Crippen LogP contribution in [0.25, 0.3) is 0 Å². The lowest BCUT2D eigenvalue weighted by Gasteiger charge is -2.27. The molecular weight excluding hydrogens is 536 g/mol. The van der Waals surface area contributed by atoms with E-state index in [9.17, 15) is 10.2 Å². The highest BCUT2D eigenvalue weighted by Crippen LogP contribution is 2.38. The standard InChI is InChI=1S/C37H56N2O4/c1-33(2,3)25-15-23(31(40)27(17-25)35(7,8)9)19-38-21-29-30(43-37(13,14)42-29)22-39-20-24-16-26(34(4,5)6)18-28(32(24)41)36(10,11)12/h15-20,29-30,40-41H,21-22H2,1-14H3/t29-,30-/m1/s1. The lowest BCUT2D eigenvalue weighted by Crippen LogP contribution is -2.28. The molecule has 1 fully saturated rings. The number of phenols is 2. The largest absolute Gasteiger partial charge is 0.507 e. The molecule has 6 heteroatoms. The third kappa shape index (κ3) is 8.69. The Balaban J connectivity index is 1.86. The van der Waals surface area contributed by atoms with Gasteiger partial charge in [0.15, 0.2) is 5.79 Å². The molecule has 238 valence electrons. The Hall–Kier alpha value is -2.70. The fraction of sp³-hybridized carbons (Fsp3) is 0.622. The number of aromatic hydroxyl groups is 2. The summed E-state index contributed by atoms with van der Waals surface area (Å²) in [7, 11) is 0. The number of phenolic OH excluding ortho intramolecular Hbond substituents is 2. The molecule has 0 saturated carbocycles. The van der Waals surface area contributed by atoms with Gasteiger partial charge in [0, 0.05) is 34.7 Å². The molecule has 1 saturated heterocycles. The minimum Gasteiger partial charge on any atom is -0.507 e. The summed E-state index contributed by atoms with van der Waals surface area (Å²) in [5.41, 5.74) is 4.96. The van der Waals surface area contributed by atoms with E-state index in [4.69, 9.17) is 19.5 Å². The first-order valence-electron chi connectivity index (χ1n) is 15.5. The molecule has 43 heavy (non-hydrogen) atoms. The quantitative estimate of drug-likeness (QED) is 0.330. The van der Waals surface area contributed by atoms with E-state index >= 15 is 0 Å². The predicted octanol–water partition coefficient (Wildman–Crippen LogP) is 8.35. The maximum atomic E-state index is 11.1. The summed E-state index contributed by atoms with van der Waals surface area (Å²) in [5.74, 6) is -0.232. The number of ether oxygens (including phenoxy) is 2. The van der Waals surface area contributed by atoms with E-state index in [0.29, 0.717) is 24.2 Å². The van der Waals surface area contributed by atoms with Crippen LogP contribution in [0, 0.1) is 0 Å². The molecule has 1 aliphatic heterocycles. The highest BCUT2D eigenvalue weighted by molar-refractivity contribution is 5.85. The zero-order chi connectivity index (χ0) is 32.8. The molecular formula is C37H56N2O4. The summed E-state index contributed by atoms with van der Waals surface area (Å²) < 4.78 is 12.4. The summed E-state index contributed by atoms with van der Waals surface area (Å²) >= 11 is 0. The number of rotatable bonds is 6. The van der Waals surface area contributed by atoms with E-state index in [0.717, 1.165) is 22.3 Å². The van der Waals surface area contributed by atoms with Gasteiger partial charge in [0.2, 0.25) is 0 Å². The van der Waals surface area contributed by atoms with Gasteiger partial charge in [-0.25, -0.2) is 0 Å². The van der Waals surface area contributed by atoms with Gasteiger partial charge in [-0.3, -0.25) is 9.98 Å². The van der Waals surface area contributed by atoms with Crippen molar-refractivity contribution < 1.29 is 19.7 Å². The first kappa shape index (κ1) is 34.8. The zero-order valence-corrected chi connectivity index (χ0v) is 29.1. The van der Waals surface area contributed by atoms with Gasteiger partial charge >= 0.3 is 0 Å². The van der Waals surface area contributed by atoms with Crippen LogP contribution in [0.5, 0.6) is 11.5 Å². The Labute approximate surface area is 260 Å². The van der Waals surface area contributed by atoms with E-state index in [1.54, 1.807) is 12.4 Å². The number of nitrogens with zero attached hydrogens (tertiary/aromatic N) is 2. The summed E-state index contributed by atoms with van der Waals surface area (Å²) in [5, 5.41) is 22.3. The van der Waals surface area contributed by atoms with E-state index in [2.05, 4.69) is 95.2 Å². The van der Waals surface area contributed by atoms with Crippen LogP contribution in [-0.4, -0.2) is 53.7 Å². The van der Waals surface area contributed by atoms with Crippen molar-refractivity contribution >= 4 is 12.4 Å². The molecule has 6 nitrogen and oxygen atoms in total. The minimum atomic E-state index is -0.762. The normalized spacial score (nSPS) is 20.0. The summed E-state index contributed by atoms with van der Waals surface area (Å²) in [4.78, 5) is 9.44. The molecule has 0 aliphatic carbocycles. The number of benzene rings is 2. The third-order valence-electron chi connectivity index (χ3n) is 7.94.